The predicted molar refractivity (Wildman–Crippen MR) is 159 cm³/mol. The summed E-state index contributed by atoms with van der Waals surface area (Å²) in [6.07, 6.45) is -2.89. The highest BCUT2D eigenvalue weighted by Gasteiger charge is 2.31. The number of benzene rings is 4. The van der Waals surface area contributed by atoms with Gasteiger partial charge in [-0.1, -0.05) is 18.2 Å². The van der Waals surface area contributed by atoms with E-state index in [1.807, 2.05) is 50.2 Å². The Morgan fingerprint density at radius 3 is 2.50 bits per heavy atom. The smallest absolute Gasteiger partial charge is 0.416 e. The van der Waals surface area contributed by atoms with Crippen LogP contribution in [0.4, 0.5) is 30.5 Å². The third-order valence-corrected chi connectivity index (χ3v) is 6.73. The lowest BCUT2D eigenvalue weighted by molar-refractivity contribution is -0.137. The van der Waals surface area contributed by atoms with Crippen LogP contribution in [0.5, 0.6) is 11.5 Å². The van der Waals surface area contributed by atoms with Gasteiger partial charge in [-0.2, -0.15) is 13.2 Å². The Morgan fingerprint density at radius 2 is 1.76 bits per heavy atom. The number of nitrogens with one attached hydrogen (secondary N) is 2. The van der Waals surface area contributed by atoms with E-state index in [9.17, 15) is 18.0 Å². The first kappa shape index (κ1) is 28.4. The van der Waals surface area contributed by atoms with E-state index in [-0.39, 0.29) is 17.0 Å². The molecule has 0 saturated heterocycles. The first-order valence-electron chi connectivity index (χ1n) is 13.1. The second-order valence-electron chi connectivity index (χ2n) is 9.90. The minimum absolute atomic E-state index is 0.0788. The number of amides is 1. The Balaban J connectivity index is 1.48. The summed E-state index contributed by atoms with van der Waals surface area (Å²) in [5.41, 5.74) is 3.44. The zero-order chi connectivity index (χ0) is 30.0. The normalized spacial score (nSPS) is 11.3. The molecule has 1 amide bonds. The van der Waals surface area contributed by atoms with Crippen molar-refractivity contribution in [2.24, 2.45) is 0 Å². The summed E-state index contributed by atoms with van der Waals surface area (Å²) in [4.78, 5) is 24.0. The lowest BCUT2D eigenvalue weighted by atomic mass is 9.97. The molecule has 5 rings (SSSR count). The zero-order valence-electron chi connectivity index (χ0n) is 23.4. The van der Waals surface area contributed by atoms with Crippen molar-refractivity contribution in [3.63, 3.8) is 0 Å². The van der Waals surface area contributed by atoms with Crippen molar-refractivity contribution in [2.45, 2.75) is 13.1 Å². The van der Waals surface area contributed by atoms with Crippen LogP contribution in [0.1, 0.15) is 21.5 Å². The molecule has 7 nitrogen and oxygen atoms in total. The topological polar surface area (TPSA) is 79.4 Å². The number of nitrogens with zero attached hydrogens (tertiary/aromatic N) is 3. The molecule has 0 saturated carbocycles. The molecule has 0 aliphatic carbocycles. The van der Waals surface area contributed by atoms with Crippen LogP contribution in [0, 0.1) is 6.92 Å². The van der Waals surface area contributed by atoms with Crippen molar-refractivity contribution < 1.29 is 22.7 Å². The minimum atomic E-state index is -4.60. The number of ether oxygens (including phenoxy) is 1. The third-order valence-electron chi connectivity index (χ3n) is 6.73. The number of rotatable bonds is 7. The van der Waals surface area contributed by atoms with Crippen LogP contribution in [-0.2, 0) is 6.18 Å². The maximum atomic E-state index is 13.6. The van der Waals surface area contributed by atoms with Gasteiger partial charge in [-0.3, -0.25) is 4.79 Å². The van der Waals surface area contributed by atoms with E-state index in [1.165, 1.54) is 6.07 Å². The summed E-state index contributed by atoms with van der Waals surface area (Å²) < 4.78 is 46.7. The van der Waals surface area contributed by atoms with Gasteiger partial charge in [0, 0.05) is 50.0 Å². The van der Waals surface area contributed by atoms with Crippen LogP contribution >= 0.6 is 0 Å². The van der Waals surface area contributed by atoms with Gasteiger partial charge in [0.2, 0.25) is 5.95 Å². The molecule has 4 aromatic carbocycles. The standard InChI is InChI=1S/C32H28F3N5O2/c1-19-8-9-21(15-26(19)20-10-12-27-22(14-20)18-37-31(36-2)39-27)30(41)38-28-16-23(32(33,34)35)11-13-29(28)42-25-7-5-6-24(17-25)40(3)4/h5-18H,1-4H3,(H,38,41)(H,36,37,39). The molecule has 0 atom stereocenters. The van der Waals surface area contributed by atoms with E-state index in [4.69, 9.17) is 4.74 Å². The molecule has 5 aromatic rings. The molecule has 2 N–H and O–H groups in total. The SMILES string of the molecule is CNc1ncc2cc(-c3cc(C(=O)Nc4cc(C(F)(F)F)ccc4Oc4cccc(N(C)C)c4)ccc3C)ccc2n1. The summed E-state index contributed by atoms with van der Waals surface area (Å²) >= 11 is 0. The number of halogens is 3. The van der Waals surface area contributed by atoms with Crippen molar-refractivity contribution in [3.05, 3.63) is 102 Å². The van der Waals surface area contributed by atoms with Gasteiger partial charge in [-0.15, -0.1) is 0 Å². The molecule has 0 radical (unpaired) electrons. The van der Waals surface area contributed by atoms with E-state index >= 15 is 0 Å². The Morgan fingerprint density at radius 1 is 0.952 bits per heavy atom. The highest BCUT2D eigenvalue weighted by Crippen LogP contribution is 2.38. The van der Waals surface area contributed by atoms with Crippen LogP contribution in [0.25, 0.3) is 22.0 Å². The molecule has 0 aliphatic rings. The number of aryl methyl sites for hydroxylation is 1. The van der Waals surface area contributed by atoms with E-state index in [0.717, 1.165) is 45.4 Å². The quantitative estimate of drug-likeness (QED) is 0.208. The number of fused-ring (bicyclic) bond motifs is 1. The van der Waals surface area contributed by atoms with E-state index in [1.54, 1.807) is 49.6 Å². The van der Waals surface area contributed by atoms with Crippen LogP contribution in [-0.4, -0.2) is 37.0 Å². The van der Waals surface area contributed by atoms with E-state index < -0.39 is 17.6 Å². The lowest BCUT2D eigenvalue weighted by Crippen LogP contribution is -2.14. The molecular weight excluding hydrogens is 543 g/mol. The average Bonchev–Trinajstić information content (AvgIpc) is 2.97. The molecule has 1 heterocycles. The van der Waals surface area contributed by atoms with Crippen LogP contribution in [0.2, 0.25) is 0 Å². The summed E-state index contributed by atoms with van der Waals surface area (Å²) in [7, 11) is 5.47. The monoisotopic (exact) mass is 571 g/mol. The van der Waals surface area contributed by atoms with Crippen LogP contribution < -0.4 is 20.3 Å². The zero-order valence-corrected chi connectivity index (χ0v) is 23.4. The molecule has 0 unspecified atom stereocenters. The third kappa shape index (κ3) is 6.12. The highest BCUT2D eigenvalue weighted by atomic mass is 19.4. The molecule has 0 bridgehead atoms. The number of carbonyl (C=O) groups excluding carboxylic acids is 1. The molecule has 214 valence electrons. The lowest BCUT2D eigenvalue weighted by Gasteiger charge is -2.17. The maximum Gasteiger partial charge on any atom is 0.416 e. The number of aromatic nitrogens is 2. The molecule has 0 aliphatic heterocycles. The summed E-state index contributed by atoms with van der Waals surface area (Å²) in [6.45, 7) is 1.92. The summed E-state index contributed by atoms with van der Waals surface area (Å²) in [5.74, 6) is 0.421. The van der Waals surface area contributed by atoms with Gasteiger partial charge in [0.25, 0.3) is 5.91 Å². The van der Waals surface area contributed by atoms with Crippen LogP contribution in [0.3, 0.4) is 0 Å². The molecule has 10 heteroatoms. The van der Waals surface area contributed by atoms with Crippen LogP contribution in [0.15, 0.2) is 85.1 Å². The Kier molecular flexibility index (Phi) is 7.71. The second kappa shape index (κ2) is 11.4. The number of anilines is 3. The minimum Gasteiger partial charge on any atom is -0.455 e. The number of hydrogen-bond acceptors (Lipinski definition) is 6. The highest BCUT2D eigenvalue weighted by molar-refractivity contribution is 6.06. The first-order valence-corrected chi connectivity index (χ1v) is 13.1. The number of alkyl halides is 3. The number of carbonyl (C=O) groups is 1. The fourth-order valence-electron chi connectivity index (χ4n) is 4.44. The second-order valence-corrected chi connectivity index (χ2v) is 9.90. The van der Waals surface area contributed by atoms with Gasteiger partial charge >= 0.3 is 6.18 Å². The maximum absolute atomic E-state index is 13.6. The van der Waals surface area contributed by atoms with Gasteiger partial charge in [0.05, 0.1) is 16.8 Å². The summed E-state index contributed by atoms with van der Waals surface area (Å²) in [6, 6.07) is 20.9. The van der Waals surface area contributed by atoms with Gasteiger partial charge in [0.1, 0.15) is 5.75 Å². The van der Waals surface area contributed by atoms with Gasteiger partial charge < -0.3 is 20.3 Å². The molecule has 0 spiro atoms. The Hall–Kier alpha value is -5.12. The van der Waals surface area contributed by atoms with Gasteiger partial charge in [-0.05, 0) is 78.2 Å². The molecule has 1 aromatic heterocycles. The average molecular weight is 572 g/mol. The molecular formula is C32H28F3N5O2. The molecule has 42 heavy (non-hydrogen) atoms. The van der Waals surface area contributed by atoms with E-state index in [2.05, 4.69) is 20.6 Å². The van der Waals surface area contributed by atoms with Crippen molar-refractivity contribution in [3.8, 4) is 22.6 Å². The Labute approximate surface area is 241 Å². The predicted octanol–water partition coefficient (Wildman–Crippen LogP) is 7.78. The van der Waals surface area contributed by atoms with Crippen molar-refractivity contribution in [1.29, 1.82) is 0 Å². The largest absolute Gasteiger partial charge is 0.455 e. The van der Waals surface area contributed by atoms with Gasteiger partial charge in [-0.25, -0.2) is 9.97 Å². The van der Waals surface area contributed by atoms with Crippen molar-refractivity contribution in [2.75, 3.05) is 36.7 Å². The van der Waals surface area contributed by atoms with Crippen molar-refractivity contribution in [1.82, 2.24) is 9.97 Å². The Bertz CT molecular complexity index is 1790. The molecule has 0 fully saturated rings. The number of hydrogen-bond donors (Lipinski definition) is 2. The fraction of sp³-hybridized carbons (Fsp3) is 0.156. The first-order chi connectivity index (χ1) is 20.0. The van der Waals surface area contributed by atoms with E-state index in [0.29, 0.717) is 11.7 Å². The summed E-state index contributed by atoms with van der Waals surface area (Å²) in [5, 5.41) is 6.37. The van der Waals surface area contributed by atoms with Crippen molar-refractivity contribution >= 4 is 34.1 Å². The van der Waals surface area contributed by atoms with Gasteiger partial charge in [0.15, 0.2) is 5.75 Å². The fourth-order valence-corrected chi connectivity index (χ4v) is 4.44.